The topological polar surface area (TPSA) is 105 Å². The van der Waals surface area contributed by atoms with Crippen LogP contribution >= 0.6 is 11.8 Å². The van der Waals surface area contributed by atoms with Crippen molar-refractivity contribution in [2.75, 3.05) is 18.8 Å². The van der Waals surface area contributed by atoms with Crippen molar-refractivity contribution < 1.29 is 17.7 Å². The summed E-state index contributed by atoms with van der Waals surface area (Å²) < 4.78 is 30.7. The van der Waals surface area contributed by atoms with Crippen molar-refractivity contribution in [2.45, 2.75) is 50.4 Å². The number of pyridine rings is 1. The van der Waals surface area contributed by atoms with Crippen LogP contribution in [0.5, 0.6) is 0 Å². The lowest BCUT2D eigenvalue weighted by Gasteiger charge is -2.31. The van der Waals surface area contributed by atoms with Gasteiger partial charge in [0.05, 0.1) is 17.0 Å². The molecule has 1 aliphatic rings. The number of hydrogen-bond donors (Lipinski definition) is 1. The number of amides is 1. The van der Waals surface area contributed by atoms with Crippen molar-refractivity contribution in [1.29, 1.82) is 0 Å². The maximum absolute atomic E-state index is 12.8. The molecule has 0 atom stereocenters. The highest BCUT2D eigenvalue weighted by atomic mass is 32.2. The van der Waals surface area contributed by atoms with Crippen LogP contribution in [-0.4, -0.2) is 53.7 Å². The maximum Gasteiger partial charge on any atom is 0.254 e. The third-order valence-corrected chi connectivity index (χ3v) is 8.01. The summed E-state index contributed by atoms with van der Waals surface area (Å²) in [6, 6.07) is 3.45. The van der Waals surface area contributed by atoms with Gasteiger partial charge in [-0.15, -0.1) is 11.8 Å². The van der Waals surface area contributed by atoms with E-state index in [2.05, 4.69) is 15.5 Å². The molecule has 1 amide bonds. The van der Waals surface area contributed by atoms with E-state index < -0.39 is 10.0 Å². The average Bonchev–Trinajstić information content (AvgIpc) is 3.04. The van der Waals surface area contributed by atoms with Crippen LogP contribution in [0.2, 0.25) is 0 Å². The minimum Gasteiger partial charge on any atom is -0.361 e. The van der Waals surface area contributed by atoms with E-state index in [-0.39, 0.29) is 17.7 Å². The number of piperidine rings is 1. The monoisotopic (exact) mass is 438 g/mol. The van der Waals surface area contributed by atoms with Gasteiger partial charge in [0.2, 0.25) is 10.0 Å². The molecule has 8 nitrogen and oxygen atoms in total. The van der Waals surface area contributed by atoms with Gasteiger partial charge in [0.1, 0.15) is 10.8 Å². The Morgan fingerprint density at radius 1 is 1.34 bits per heavy atom. The number of carbonyl (C=O) groups is 1. The molecule has 0 aliphatic carbocycles. The molecule has 1 N–H and O–H groups in total. The van der Waals surface area contributed by atoms with Crippen LogP contribution in [0, 0.1) is 13.8 Å². The molecule has 1 fully saturated rings. The second-order valence-corrected chi connectivity index (χ2v) is 10.2. The average molecular weight is 439 g/mol. The SMILES string of the molecule is CCS(=O)(=O)N1CCC(NC(=O)c2cccnc2SCc2c(C)noc2C)CC1. The predicted octanol–water partition coefficient (Wildman–Crippen LogP) is 2.52. The molecule has 29 heavy (non-hydrogen) atoms. The van der Waals surface area contributed by atoms with E-state index in [0.29, 0.717) is 42.3 Å². The van der Waals surface area contributed by atoms with Crippen molar-refractivity contribution in [1.82, 2.24) is 19.8 Å². The molecule has 0 aromatic carbocycles. The lowest BCUT2D eigenvalue weighted by atomic mass is 10.1. The Bertz CT molecular complexity index is 947. The zero-order valence-electron chi connectivity index (χ0n) is 16.8. The van der Waals surface area contributed by atoms with Gasteiger partial charge < -0.3 is 9.84 Å². The van der Waals surface area contributed by atoms with E-state index in [4.69, 9.17) is 4.52 Å². The van der Waals surface area contributed by atoms with Gasteiger partial charge in [-0.2, -0.15) is 0 Å². The summed E-state index contributed by atoms with van der Waals surface area (Å²) in [5, 5.41) is 7.64. The standard InChI is InChI=1S/C19H26N4O4S2/c1-4-29(25,26)23-10-7-15(8-11-23)21-18(24)16-6-5-9-20-19(16)28-12-17-13(2)22-27-14(17)3/h5-6,9,15H,4,7-8,10-12H2,1-3H3,(H,21,24). The van der Waals surface area contributed by atoms with Crippen LogP contribution < -0.4 is 5.32 Å². The van der Waals surface area contributed by atoms with Gasteiger partial charge in [-0.1, -0.05) is 5.16 Å². The van der Waals surface area contributed by atoms with Crippen LogP contribution in [0.4, 0.5) is 0 Å². The highest BCUT2D eigenvalue weighted by Gasteiger charge is 2.28. The van der Waals surface area contributed by atoms with E-state index >= 15 is 0 Å². The first-order valence-electron chi connectivity index (χ1n) is 9.60. The summed E-state index contributed by atoms with van der Waals surface area (Å²) in [7, 11) is -3.17. The molecule has 158 valence electrons. The second kappa shape index (κ2) is 9.27. The van der Waals surface area contributed by atoms with Crippen molar-refractivity contribution in [3.8, 4) is 0 Å². The number of thioether (sulfide) groups is 1. The Kier molecular flexibility index (Phi) is 6.97. The van der Waals surface area contributed by atoms with Gasteiger partial charge >= 0.3 is 0 Å². The molecule has 0 unspecified atom stereocenters. The molecule has 0 radical (unpaired) electrons. The third-order valence-electron chi connectivity index (χ3n) is 5.10. The fraction of sp³-hybridized carbons (Fsp3) is 0.526. The quantitative estimate of drug-likeness (QED) is 0.662. The Hall–Kier alpha value is -1.91. The van der Waals surface area contributed by atoms with E-state index in [1.54, 1.807) is 25.3 Å². The number of carbonyl (C=O) groups excluding carboxylic acids is 1. The minimum absolute atomic E-state index is 0.0496. The molecule has 1 aliphatic heterocycles. The fourth-order valence-corrected chi connectivity index (χ4v) is 5.53. The Morgan fingerprint density at radius 3 is 2.69 bits per heavy atom. The molecule has 10 heteroatoms. The van der Waals surface area contributed by atoms with E-state index in [0.717, 1.165) is 17.0 Å². The lowest BCUT2D eigenvalue weighted by Crippen LogP contribution is -2.47. The molecule has 3 rings (SSSR count). The van der Waals surface area contributed by atoms with Crippen LogP contribution in [0.1, 0.15) is 47.1 Å². The first-order valence-corrected chi connectivity index (χ1v) is 12.2. The van der Waals surface area contributed by atoms with Gasteiger partial charge in [-0.05, 0) is 45.7 Å². The van der Waals surface area contributed by atoms with Crippen LogP contribution in [-0.2, 0) is 15.8 Å². The molecule has 0 bridgehead atoms. The summed E-state index contributed by atoms with van der Waals surface area (Å²) in [6.07, 6.45) is 2.88. The Balaban J connectivity index is 1.62. The summed E-state index contributed by atoms with van der Waals surface area (Å²) in [5.74, 6) is 1.30. The van der Waals surface area contributed by atoms with Crippen LogP contribution in [0.15, 0.2) is 27.9 Å². The molecule has 1 saturated heterocycles. The number of hydrogen-bond acceptors (Lipinski definition) is 7. The highest BCUT2D eigenvalue weighted by molar-refractivity contribution is 7.98. The van der Waals surface area contributed by atoms with Crippen molar-refractivity contribution >= 4 is 27.7 Å². The zero-order chi connectivity index (χ0) is 21.0. The van der Waals surface area contributed by atoms with E-state index in [1.807, 2.05) is 13.8 Å². The number of rotatable bonds is 7. The molecule has 3 heterocycles. The van der Waals surface area contributed by atoms with Gasteiger partial charge in [0, 0.05) is 36.6 Å². The minimum atomic E-state index is -3.17. The van der Waals surface area contributed by atoms with Crippen molar-refractivity contribution in [3.63, 3.8) is 0 Å². The lowest BCUT2D eigenvalue weighted by molar-refractivity contribution is 0.0920. The van der Waals surface area contributed by atoms with E-state index in [9.17, 15) is 13.2 Å². The smallest absolute Gasteiger partial charge is 0.254 e. The van der Waals surface area contributed by atoms with Crippen LogP contribution in [0.25, 0.3) is 0 Å². The van der Waals surface area contributed by atoms with Gasteiger partial charge in [-0.3, -0.25) is 4.79 Å². The second-order valence-electron chi connectivity index (χ2n) is 6.99. The number of aromatic nitrogens is 2. The number of aryl methyl sites for hydroxylation is 2. The van der Waals surface area contributed by atoms with Crippen LogP contribution in [0.3, 0.4) is 0 Å². The van der Waals surface area contributed by atoms with Gasteiger partial charge in [0.15, 0.2) is 0 Å². The fourth-order valence-electron chi connectivity index (χ4n) is 3.25. The molecular formula is C19H26N4O4S2. The molecule has 0 spiro atoms. The molecule has 0 saturated carbocycles. The normalized spacial score (nSPS) is 16.1. The van der Waals surface area contributed by atoms with Crippen molar-refractivity contribution in [2.24, 2.45) is 0 Å². The molecule has 2 aromatic heterocycles. The van der Waals surface area contributed by atoms with Gasteiger partial charge in [0.25, 0.3) is 5.91 Å². The third kappa shape index (κ3) is 5.18. The largest absolute Gasteiger partial charge is 0.361 e. The number of sulfonamides is 1. The predicted molar refractivity (Wildman–Crippen MR) is 111 cm³/mol. The van der Waals surface area contributed by atoms with Gasteiger partial charge in [-0.25, -0.2) is 17.7 Å². The first kappa shape index (κ1) is 21.8. The summed E-state index contributed by atoms with van der Waals surface area (Å²) in [4.78, 5) is 17.2. The summed E-state index contributed by atoms with van der Waals surface area (Å²) >= 11 is 1.47. The maximum atomic E-state index is 12.8. The molecular weight excluding hydrogens is 412 g/mol. The number of nitrogens with zero attached hydrogens (tertiary/aromatic N) is 3. The summed E-state index contributed by atoms with van der Waals surface area (Å²) in [5.41, 5.74) is 2.37. The Labute approximate surface area is 175 Å². The van der Waals surface area contributed by atoms with Crippen molar-refractivity contribution in [3.05, 3.63) is 40.9 Å². The zero-order valence-corrected chi connectivity index (χ0v) is 18.5. The van der Waals surface area contributed by atoms with E-state index in [1.165, 1.54) is 16.1 Å². The number of nitrogens with one attached hydrogen (secondary N) is 1. The first-order chi connectivity index (χ1) is 13.8. The summed E-state index contributed by atoms with van der Waals surface area (Å²) in [6.45, 7) is 6.27. The Morgan fingerprint density at radius 2 is 2.07 bits per heavy atom. The highest BCUT2D eigenvalue weighted by Crippen LogP contribution is 2.27. The molecule has 2 aromatic rings.